The van der Waals surface area contributed by atoms with Crippen molar-refractivity contribution in [3.63, 3.8) is 0 Å². The van der Waals surface area contributed by atoms with Crippen molar-refractivity contribution < 1.29 is 38.1 Å². The summed E-state index contributed by atoms with van der Waals surface area (Å²) in [4.78, 5) is 38.4. The number of hydrogen-bond donors (Lipinski definition) is 0. The minimum absolute atomic E-state index is 0.00132. The lowest BCUT2D eigenvalue weighted by Gasteiger charge is -2.27. The number of rotatable bonds is 9. The first kappa shape index (κ1) is 22.3. The van der Waals surface area contributed by atoms with Crippen LogP contribution in [0.2, 0.25) is 0 Å². The Hall–Kier alpha value is -3.55. The first-order chi connectivity index (χ1) is 16.5. The molecule has 0 unspecified atom stereocenters. The van der Waals surface area contributed by atoms with Crippen molar-refractivity contribution in [2.24, 2.45) is 5.41 Å². The topological polar surface area (TPSA) is 97.4 Å². The van der Waals surface area contributed by atoms with Crippen LogP contribution in [0.3, 0.4) is 0 Å². The number of carbonyl (C=O) groups excluding carboxylic acids is 3. The Morgan fingerprint density at radius 1 is 1.03 bits per heavy atom. The standard InChI is InChI=1S/C26H26O8/c1-30-20-10-9-18(21(27)16-7-4-8-17-19(16)13-32-24(17)28)22(23(20)31-2)33-14-26(11-12-26)25(29)34-15-5-3-6-15/h4,7-10,15H,3,5-6,11-14H2,1-2H3. The lowest BCUT2D eigenvalue weighted by atomic mass is 9.95. The van der Waals surface area contributed by atoms with Crippen LogP contribution in [0.4, 0.5) is 0 Å². The van der Waals surface area contributed by atoms with Gasteiger partial charge in [0.1, 0.15) is 24.7 Å². The molecule has 8 heteroatoms. The van der Waals surface area contributed by atoms with E-state index >= 15 is 0 Å². The van der Waals surface area contributed by atoms with Crippen molar-refractivity contribution in [3.05, 3.63) is 52.6 Å². The Morgan fingerprint density at radius 2 is 1.82 bits per heavy atom. The number of methoxy groups -OCH3 is 2. The fraction of sp³-hybridized carbons (Fsp3) is 0.423. The zero-order chi connectivity index (χ0) is 23.9. The lowest BCUT2D eigenvalue weighted by Crippen LogP contribution is -2.32. The van der Waals surface area contributed by atoms with Crippen molar-refractivity contribution in [2.75, 3.05) is 20.8 Å². The van der Waals surface area contributed by atoms with Crippen molar-refractivity contribution in [1.82, 2.24) is 0 Å². The van der Waals surface area contributed by atoms with E-state index in [0.717, 1.165) is 19.3 Å². The zero-order valence-electron chi connectivity index (χ0n) is 19.2. The van der Waals surface area contributed by atoms with Crippen LogP contribution in [-0.4, -0.2) is 44.7 Å². The molecule has 178 valence electrons. The molecule has 0 saturated heterocycles. The van der Waals surface area contributed by atoms with Crippen LogP contribution in [0.15, 0.2) is 30.3 Å². The first-order valence-corrected chi connectivity index (χ1v) is 11.4. The number of cyclic esters (lactones) is 1. The Kier molecular flexibility index (Phi) is 5.67. The summed E-state index contributed by atoms with van der Waals surface area (Å²) in [5.74, 6) is -0.188. The van der Waals surface area contributed by atoms with E-state index in [0.29, 0.717) is 35.3 Å². The summed E-state index contributed by atoms with van der Waals surface area (Å²) in [5.41, 5.74) is 0.808. The number of carbonyl (C=O) groups is 3. The molecule has 2 fully saturated rings. The highest BCUT2D eigenvalue weighted by Gasteiger charge is 2.53. The van der Waals surface area contributed by atoms with Crippen LogP contribution in [0.25, 0.3) is 0 Å². The summed E-state index contributed by atoms with van der Waals surface area (Å²) in [6.07, 6.45) is 4.21. The van der Waals surface area contributed by atoms with Crippen LogP contribution in [0.1, 0.15) is 63.9 Å². The highest BCUT2D eigenvalue weighted by atomic mass is 16.6. The molecule has 0 radical (unpaired) electrons. The predicted molar refractivity (Wildman–Crippen MR) is 119 cm³/mol. The average molecular weight is 466 g/mol. The van der Waals surface area contributed by atoms with Gasteiger partial charge in [0.05, 0.1) is 25.3 Å². The molecule has 34 heavy (non-hydrogen) atoms. The number of ketones is 1. The van der Waals surface area contributed by atoms with E-state index in [2.05, 4.69) is 0 Å². The second-order valence-corrected chi connectivity index (χ2v) is 8.94. The Morgan fingerprint density at radius 3 is 2.47 bits per heavy atom. The van der Waals surface area contributed by atoms with E-state index in [4.69, 9.17) is 23.7 Å². The molecule has 1 aliphatic heterocycles. The van der Waals surface area contributed by atoms with Crippen LogP contribution >= 0.6 is 0 Å². The fourth-order valence-electron chi connectivity index (χ4n) is 4.26. The molecule has 0 amide bonds. The molecule has 0 bridgehead atoms. The molecule has 5 rings (SSSR count). The van der Waals surface area contributed by atoms with Gasteiger partial charge in [0.25, 0.3) is 0 Å². The molecule has 3 aliphatic rings. The van der Waals surface area contributed by atoms with Gasteiger partial charge >= 0.3 is 11.9 Å². The highest BCUT2D eigenvalue weighted by molar-refractivity contribution is 6.13. The maximum absolute atomic E-state index is 13.6. The van der Waals surface area contributed by atoms with Crippen molar-refractivity contribution in [1.29, 1.82) is 0 Å². The van der Waals surface area contributed by atoms with Gasteiger partial charge in [0.15, 0.2) is 17.3 Å². The maximum Gasteiger partial charge on any atom is 0.338 e. The van der Waals surface area contributed by atoms with E-state index in [1.165, 1.54) is 14.2 Å². The maximum atomic E-state index is 13.6. The SMILES string of the molecule is COc1ccc(C(=O)c2cccc3c2COC3=O)c(OCC2(C(=O)OC3CCC3)CC2)c1OC. The largest absolute Gasteiger partial charge is 0.493 e. The predicted octanol–water partition coefficient (Wildman–Crippen LogP) is 3.86. The van der Waals surface area contributed by atoms with E-state index in [1.54, 1.807) is 30.3 Å². The molecule has 0 atom stereocenters. The molecule has 0 N–H and O–H groups in total. The van der Waals surface area contributed by atoms with Gasteiger partial charge in [-0.3, -0.25) is 9.59 Å². The normalized spacial score (nSPS) is 17.8. The summed E-state index contributed by atoms with van der Waals surface area (Å²) in [7, 11) is 2.96. The average Bonchev–Trinajstić information content (AvgIpc) is 3.54. The smallest absolute Gasteiger partial charge is 0.338 e. The van der Waals surface area contributed by atoms with Crippen LogP contribution < -0.4 is 14.2 Å². The molecular formula is C26H26O8. The second kappa shape index (κ2) is 8.66. The van der Waals surface area contributed by atoms with Gasteiger partial charge in [-0.1, -0.05) is 12.1 Å². The quantitative estimate of drug-likeness (QED) is 0.406. The Balaban J connectivity index is 1.46. The van der Waals surface area contributed by atoms with Gasteiger partial charge in [0.2, 0.25) is 5.75 Å². The van der Waals surface area contributed by atoms with Crippen LogP contribution in [-0.2, 0) is 20.9 Å². The molecule has 0 spiro atoms. The fourth-order valence-corrected chi connectivity index (χ4v) is 4.26. The summed E-state index contributed by atoms with van der Waals surface area (Å²) >= 11 is 0. The van der Waals surface area contributed by atoms with Gasteiger partial charge in [-0.25, -0.2) is 4.79 Å². The van der Waals surface area contributed by atoms with Crippen LogP contribution in [0.5, 0.6) is 17.2 Å². The summed E-state index contributed by atoms with van der Waals surface area (Å²) in [6, 6.07) is 8.17. The summed E-state index contributed by atoms with van der Waals surface area (Å²) in [5, 5.41) is 0. The van der Waals surface area contributed by atoms with E-state index in [-0.39, 0.29) is 48.1 Å². The van der Waals surface area contributed by atoms with E-state index < -0.39 is 11.4 Å². The van der Waals surface area contributed by atoms with Gasteiger partial charge in [0, 0.05) is 11.1 Å². The number of benzene rings is 2. The molecule has 2 aromatic rings. The Bertz CT molecular complexity index is 1160. The third-order valence-corrected chi connectivity index (χ3v) is 6.84. The van der Waals surface area contributed by atoms with Crippen LogP contribution in [0, 0.1) is 5.41 Å². The number of fused-ring (bicyclic) bond motifs is 1. The second-order valence-electron chi connectivity index (χ2n) is 8.94. The van der Waals surface area contributed by atoms with Gasteiger partial charge in [-0.2, -0.15) is 0 Å². The van der Waals surface area contributed by atoms with E-state index in [9.17, 15) is 14.4 Å². The molecular weight excluding hydrogens is 440 g/mol. The monoisotopic (exact) mass is 466 g/mol. The molecule has 0 aromatic heterocycles. The molecule has 1 heterocycles. The summed E-state index contributed by atoms with van der Waals surface area (Å²) < 4.78 is 27.8. The number of hydrogen-bond acceptors (Lipinski definition) is 8. The van der Waals surface area contributed by atoms with Gasteiger partial charge in [-0.15, -0.1) is 0 Å². The molecule has 2 saturated carbocycles. The Labute approximate surface area is 197 Å². The number of esters is 2. The van der Waals surface area contributed by atoms with Crippen molar-refractivity contribution >= 4 is 17.7 Å². The zero-order valence-corrected chi connectivity index (χ0v) is 19.2. The first-order valence-electron chi connectivity index (χ1n) is 11.4. The van der Waals surface area contributed by atoms with Crippen molar-refractivity contribution in [3.8, 4) is 17.2 Å². The highest BCUT2D eigenvalue weighted by Crippen LogP contribution is 2.49. The number of ether oxygens (including phenoxy) is 5. The minimum Gasteiger partial charge on any atom is -0.493 e. The third-order valence-electron chi connectivity index (χ3n) is 6.84. The molecule has 8 nitrogen and oxygen atoms in total. The van der Waals surface area contributed by atoms with Gasteiger partial charge < -0.3 is 23.7 Å². The third kappa shape index (κ3) is 3.77. The molecule has 2 aromatic carbocycles. The molecule has 2 aliphatic carbocycles. The minimum atomic E-state index is -0.710. The van der Waals surface area contributed by atoms with E-state index in [1.807, 2.05) is 0 Å². The lowest BCUT2D eigenvalue weighted by molar-refractivity contribution is -0.161. The summed E-state index contributed by atoms with van der Waals surface area (Å²) in [6.45, 7) is 0.104. The van der Waals surface area contributed by atoms with Crippen molar-refractivity contribution in [2.45, 2.75) is 44.8 Å². The van der Waals surface area contributed by atoms with Gasteiger partial charge in [-0.05, 0) is 50.3 Å².